The number of hydrogen-bond donors (Lipinski definition) is 0. The van der Waals surface area contributed by atoms with Gasteiger partial charge in [0.05, 0.1) is 0 Å². The van der Waals surface area contributed by atoms with Gasteiger partial charge in [-0.2, -0.15) is 0 Å². The Bertz CT molecular complexity index is 43.8. The predicted molar refractivity (Wildman–Crippen MR) is 37.3 cm³/mol. The topological polar surface area (TPSA) is 9.23 Å². The summed E-state index contributed by atoms with van der Waals surface area (Å²) < 4.78 is 5.83. The van der Waals surface area contributed by atoms with Gasteiger partial charge in [-0.1, -0.05) is 0 Å². The Balaban J connectivity index is 3.07. The molecule has 1 nitrogen and oxygen atoms in total. The molecule has 0 N–H and O–H groups in total. The number of ether oxygens (including phenoxy) is 1. The zero-order chi connectivity index (χ0) is 6.41. The summed E-state index contributed by atoms with van der Waals surface area (Å²) in [5, 5.41) is 0. The van der Waals surface area contributed by atoms with Crippen LogP contribution in [0.4, 0.5) is 0 Å². The second-order valence-corrected chi connectivity index (χ2v) is 4.54. The van der Waals surface area contributed by atoms with Crippen molar-refractivity contribution in [3.63, 3.8) is 0 Å². The van der Waals surface area contributed by atoms with Crippen molar-refractivity contribution in [3.05, 3.63) is 0 Å². The van der Waals surface area contributed by atoms with Crippen molar-refractivity contribution < 1.29 is 4.74 Å². The van der Waals surface area contributed by atoms with Crippen molar-refractivity contribution >= 4 is 20.9 Å². The summed E-state index contributed by atoms with van der Waals surface area (Å²) in [7, 11) is 1.81. The molecule has 0 aromatic heterocycles. The maximum absolute atomic E-state index is 5.20. The van der Waals surface area contributed by atoms with Crippen LogP contribution >= 0.6 is 0 Å². The zero-order valence-corrected chi connectivity index (χ0v) is 8.14. The molecule has 0 aliphatic heterocycles. The van der Waals surface area contributed by atoms with Gasteiger partial charge in [-0.05, 0) is 0 Å². The average Bonchev–Trinajstić information content (AvgIpc) is 1.83. The van der Waals surface area contributed by atoms with Gasteiger partial charge in [0.15, 0.2) is 0 Å². The summed E-state index contributed by atoms with van der Waals surface area (Å²) in [5.74, 6) is 0. The van der Waals surface area contributed by atoms with Crippen molar-refractivity contribution in [2.45, 2.75) is 28.9 Å². The molecule has 0 saturated heterocycles. The van der Waals surface area contributed by atoms with E-state index < -0.39 is 0 Å². The average molecular weight is 230 g/mol. The summed E-state index contributed by atoms with van der Waals surface area (Å²) in [6, 6.07) is 0. The molecule has 0 heterocycles. The molecular weight excluding hydrogens is 216 g/mol. The van der Waals surface area contributed by atoms with Crippen LogP contribution in [0, 0.1) is 0 Å². The third kappa shape index (κ3) is 3.72. The Hall–Kier alpha value is 0.750. The first-order valence-electron chi connectivity index (χ1n) is 2.90. The van der Waals surface area contributed by atoms with Crippen molar-refractivity contribution in [1.29, 1.82) is 0 Å². The Labute approximate surface area is 61.9 Å². The molecule has 0 aliphatic rings. The molecule has 2 heteroatoms. The number of rotatable bonds is 4. The minimum atomic E-state index is 0.162. The molecule has 1 unspecified atom stereocenters. The van der Waals surface area contributed by atoms with Gasteiger partial charge in [0.2, 0.25) is 0 Å². The van der Waals surface area contributed by atoms with Gasteiger partial charge < -0.3 is 0 Å². The van der Waals surface area contributed by atoms with Crippen LogP contribution in [-0.2, 0) is 4.74 Å². The molecule has 0 aromatic rings. The van der Waals surface area contributed by atoms with Crippen LogP contribution in [0.5, 0.6) is 0 Å². The quantitative estimate of drug-likeness (QED) is 0.665. The van der Waals surface area contributed by atoms with Gasteiger partial charge in [0.1, 0.15) is 0 Å². The van der Waals surface area contributed by atoms with Crippen LogP contribution in [0.1, 0.15) is 19.8 Å². The fourth-order valence-electron chi connectivity index (χ4n) is 0.568. The van der Waals surface area contributed by atoms with Crippen LogP contribution in [-0.4, -0.2) is 32.2 Å². The molecule has 0 radical (unpaired) electrons. The molecular formula is C6H14OTe. The van der Waals surface area contributed by atoms with Gasteiger partial charge in [-0.3, -0.25) is 0 Å². The molecule has 0 spiro atoms. The van der Waals surface area contributed by atoms with Crippen LogP contribution in [0.15, 0.2) is 0 Å². The molecule has 50 valence electrons. The summed E-state index contributed by atoms with van der Waals surface area (Å²) in [4.78, 5) is 2.29. The summed E-state index contributed by atoms with van der Waals surface area (Å²) >= 11 is 0.162. The maximum atomic E-state index is 5.20. The monoisotopic (exact) mass is 232 g/mol. The Morgan fingerprint density at radius 3 is 2.38 bits per heavy atom. The third-order valence-corrected chi connectivity index (χ3v) is 3.77. The Morgan fingerprint density at radius 2 is 2.25 bits per heavy atom. The van der Waals surface area contributed by atoms with Gasteiger partial charge in [0.25, 0.3) is 0 Å². The van der Waals surface area contributed by atoms with Gasteiger partial charge in [-0.15, -0.1) is 0 Å². The molecule has 0 bridgehead atoms. The van der Waals surface area contributed by atoms with Crippen LogP contribution in [0.25, 0.3) is 0 Å². The molecule has 8 heavy (non-hydrogen) atoms. The Kier molecular flexibility index (Phi) is 6.43. The molecule has 0 saturated carbocycles. The van der Waals surface area contributed by atoms with E-state index in [1.165, 1.54) is 12.8 Å². The standard InChI is InChI=1S/C6H14OTe/c1-4-5-6(7-2)8-3/h6H,4-5H2,1-3H3. The number of methoxy groups -OCH3 is 1. The fourth-order valence-corrected chi connectivity index (χ4v) is 2.46. The molecule has 0 aromatic carbocycles. The second kappa shape index (κ2) is 5.88. The van der Waals surface area contributed by atoms with Crippen molar-refractivity contribution in [2.75, 3.05) is 7.11 Å². The summed E-state index contributed by atoms with van der Waals surface area (Å²) in [6.45, 7) is 2.20. The van der Waals surface area contributed by atoms with Gasteiger partial charge >= 0.3 is 61.7 Å². The van der Waals surface area contributed by atoms with E-state index in [9.17, 15) is 0 Å². The summed E-state index contributed by atoms with van der Waals surface area (Å²) in [5.41, 5.74) is 0. The van der Waals surface area contributed by atoms with Crippen molar-refractivity contribution in [2.24, 2.45) is 0 Å². The normalized spacial score (nSPS) is 13.9. The van der Waals surface area contributed by atoms with Crippen LogP contribution in [0.3, 0.4) is 0 Å². The van der Waals surface area contributed by atoms with Gasteiger partial charge in [-0.25, -0.2) is 0 Å². The van der Waals surface area contributed by atoms with E-state index in [1.54, 1.807) is 0 Å². The number of hydrogen-bond acceptors (Lipinski definition) is 1. The van der Waals surface area contributed by atoms with Crippen LogP contribution in [0.2, 0.25) is 4.97 Å². The minimum absolute atomic E-state index is 0.162. The first-order valence-corrected chi connectivity index (χ1v) is 6.58. The molecule has 0 amide bonds. The van der Waals surface area contributed by atoms with Crippen molar-refractivity contribution in [1.82, 2.24) is 0 Å². The molecule has 1 atom stereocenters. The SMILES string of the molecule is CCCC(OC)[Te]C. The van der Waals surface area contributed by atoms with E-state index in [0.29, 0.717) is 4.15 Å². The van der Waals surface area contributed by atoms with E-state index in [4.69, 9.17) is 4.74 Å². The first kappa shape index (κ1) is 8.75. The van der Waals surface area contributed by atoms with Gasteiger partial charge in [0, 0.05) is 0 Å². The fraction of sp³-hybridized carbons (Fsp3) is 1.00. The first-order chi connectivity index (χ1) is 3.85. The van der Waals surface area contributed by atoms with E-state index in [1.807, 2.05) is 7.11 Å². The van der Waals surface area contributed by atoms with E-state index >= 15 is 0 Å². The molecule has 0 aliphatic carbocycles. The molecule has 0 fully saturated rings. The second-order valence-electron chi connectivity index (χ2n) is 1.69. The molecule has 0 rings (SSSR count). The van der Waals surface area contributed by atoms with E-state index in [0.717, 1.165) is 0 Å². The third-order valence-electron chi connectivity index (χ3n) is 1.05. The zero-order valence-electron chi connectivity index (χ0n) is 5.81. The van der Waals surface area contributed by atoms with Crippen LogP contribution < -0.4 is 0 Å². The summed E-state index contributed by atoms with van der Waals surface area (Å²) in [6.07, 6.45) is 2.52. The Morgan fingerprint density at radius 1 is 1.62 bits per heavy atom. The van der Waals surface area contributed by atoms with E-state index in [-0.39, 0.29) is 20.9 Å². The predicted octanol–water partition coefficient (Wildman–Crippen LogP) is 1.51. The van der Waals surface area contributed by atoms with E-state index in [2.05, 4.69) is 11.9 Å². The van der Waals surface area contributed by atoms with Crippen molar-refractivity contribution in [3.8, 4) is 0 Å².